The highest BCUT2D eigenvalue weighted by molar-refractivity contribution is 5.83. The first-order valence-corrected chi connectivity index (χ1v) is 5.97. The fourth-order valence-corrected chi connectivity index (χ4v) is 1.76. The lowest BCUT2D eigenvalue weighted by molar-refractivity contribution is 0.708. The second-order valence-electron chi connectivity index (χ2n) is 4.15. The van der Waals surface area contributed by atoms with Gasteiger partial charge in [0.05, 0.1) is 5.69 Å². The number of unbranched alkanes of at least 4 members (excludes halogenated alkanes) is 2. The van der Waals surface area contributed by atoms with Gasteiger partial charge in [-0.05, 0) is 12.8 Å². The molecule has 0 bridgehead atoms. The molecule has 0 amide bonds. The van der Waals surface area contributed by atoms with E-state index in [0.717, 1.165) is 31.4 Å². The molecule has 0 aliphatic carbocycles. The summed E-state index contributed by atoms with van der Waals surface area (Å²) in [5.41, 5.74) is 18.7. The van der Waals surface area contributed by atoms with Gasteiger partial charge in [0.25, 0.3) is 0 Å². The molecule has 18 heavy (non-hydrogen) atoms. The predicted molar refractivity (Wildman–Crippen MR) is 71.6 cm³/mol. The molecule has 0 radical (unpaired) electrons. The molecule has 0 fully saturated rings. The monoisotopic (exact) mass is 247 g/mol. The molecule has 96 valence electrons. The summed E-state index contributed by atoms with van der Waals surface area (Å²) in [6.07, 6.45) is 4.08. The first-order chi connectivity index (χ1) is 8.61. The first kappa shape index (κ1) is 12.3. The summed E-state index contributed by atoms with van der Waals surface area (Å²) in [7, 11) is 0. The molecule has 7 heteroatoms. The third-order valence-electron chi connectivity index (χ3n) is 2.70. The zero-order valence-corrected chi connectivity index (χ0v) is 10.3. The minimum atomic E-state index is 0.0763. The quantitative estimate of drug-likeness (QED) is 0.684. The summed E-state index contributed by atoms with van der Waals surface area (Å²) in [5.74, 6) is 0.699. The molecule has 2 heterocycles. The highest BCUT2D eigenvalue weighted by atomic mass is 15.1. The maximum absolute atomic E-state index is 5.85. The molecule has 2 aromatic heterocycles. The van der Waals surface area contributed by atoms with Gasteiger partial charge in [0.2, 0.25) is 5.95 Å². The summed E-state index contributed by atoms with van der Waals surface area (Å²) >= 11 is 0. The van der Waals surface area contributed by atoms with Crippen LogP contribution >= 0.6 is 0 Å². The molecule has 2 rings (SSSR count). The van der Waals surface area contributed by atoms with E-state index < -0.39 is 0 Å². The normalized spacial score (nSPS) is 10.9. The Morgan fingerprint density at radius 3 is 2.39 bits per heavy atom. The standard InChI is InChI=1S/C11H17N7/c1-2-3-4-5-6-8(12)16-10-7(15-6)9(13)17-11(14)18-10/h2-5H2,1H3,(H6,12,13,14,16,17,18). The van der Waals surface area contributed by atoms with Crippen LogP contribution in [-0.4, -0.2) is 19.9 Å². The summed E-state index contributed by atoms with van der Waals surface area (Å²) in [6.45, 7) is 2.14. The molecule has 6 N–H and O–H groups in total. The van der Waals surface area contributed by atoms with Crippen LogP contribution in [-0.2, 0) is 6.42 Å². The van der Waals surface area contributed by atoms with Gasteiger partial charge in [-0.25, -0.2) is 9.97 Å². The van der Waals surface area contributed by atoms with Crippen molar-refractivity contribution in [3.8, 4) is 0 Å². The largest absolute Gasteiger partial charge is 0.382 e. The van der Waals surface area contributed by atoms with E-state index in [0.29, 0.717) is 17.0 Å². The molecule has 2 aromatic rings. The van der Waals surface area contributed by atoms with E-state index in [9.17, 15) is 0 Å². The fourth-order valence-electron chi connectivity index (χ4n) is 1.76. The van der Waals surface area contributed by atoms with E-state index in [2.05, 4.69) is 26.9 Å². The lowest BCUT2D eigenvalue weighted by Crippen LogP contribution is -2.07. The van der Waals surface area contributed by atoms with Crippen molar-refractivity contribution in [2.45, 2.75) is 32.6 Å². The summed E-state index contributed by atoms with van der Waals surface area (Å²) < 4.78 is 0. The Morgan fingerprint density at radius 1 is 0.889 bits per heavy atom. The Bertz CT molecular complexity index is 567. The minimum absolute atomic E-state index is 0.0763. The summed E-state index contributed by atoms with van der Waals surface area (Å²) in [6, 6.07) is 0. The molecule has 0 aliphatic rings. The van der Waals surface area contributed by atoms with Crippen molar-refractivity contribution in [1.29, 1.82) is 0 Å². The molecular weight excluding hydrogens is 230 g/mol. The first-order valence-electron chi connectivity index (χ1n) is 5.97. The van der Waals surface area contributed by atoms with Crippen LogP contribution in [0.3, 0.4) is 0 Å². The van der Waals surface area contributed by atoms with Crippen LogP contribution in [0.5, 0.6) is 0 Å². The number of hydrogen-bond donors (Lipinski definition) is 3. The fraction of sp³-hybridized carbons (Fsp3) is 0.455. The zero-order valence-electron chi connectivity index (χ0n) is 10.3. The third kappa shape index (κ3) is 2.39. The van der Waals surface area contributed by atoms with Crippen LogP contribution < -0.4 is 17.2 Å². The molecule has 0 aromatic carbocycles. The Labute approximate surface area is 105 Å². The number of nitrogens with zero attached hydrogens (tertiary/aromatic N) is 4. The number of anilines is 3. The van der Waals surface area contributed by atoms with Crippen molar-refractivity contribution in [2.75, 3.05) is 17.2 Å². The van der Waals surface area contributed by atoms with Gasteiger partial charge >= 0.3 is 0 Å². The minimum Gasteiger partial charge on any atom is -0.382 e. The van der Waals surface area contributed by atoms with Gasteiger partial charge in [-0.15, -0.1) is 0 Å². The number of aryl methyl sites for hydroxylation is 1. The number of nitrogens with two attached hydrogens (primary N) is 3. The van der Waals surface area contributed by atoms with Crippen molar-refractivity contribution in [2.24, 2.45) is 0 Å². The Balaban J connectivity index is 2.41. The van der Waals surface area contributed by atoms with E-state index in [1.807, 2.05) is 0 Å². The van der Waals surface area contributed by atoms with Crippen LogP contribution in [0.1, 0.15) is 31.9 Å². The van der Waals surface area contributed by atoms with Gasteiger partial charge in [0.15, 0.2) is 17.0 Å². The van der Waals surface area contributed by atoms with Gasteiger partial charge < -0.3 is 17.2 Å². The lowest BCUT2D eigenvalue weighted by atomic mass is 10.1. The average Bonchev–Trinajstić information content (AvgIpc) is 2.30. The van der Waals surface area contributed by atoms with Gasteiger partial charge in [-0.3, -0.25) is 0 Å². The molecule has 0 atom stereocenters. The predicted octanol–water partition coefficient (Wildman–Crippen LogP) is 0.899. The Hall–Kier alpha value is -2.18. The highest BCUT2D eigenvalue weighted by Gasteiger charge is 2.11. The van der Waals surface area contributed by atoms with Crippen molar-refractivity contribution in [3.05, 3.63) is 5.69 Å². The van der Waals surface area contributed by atoms with Crippen molar-refractivity contribution >= 4 is 28.7 Å². The molecule has 0 saturated heterocycles. The Morgan fingerprint density at radius 2 is 1.67 bits per heavy atom. The summed E-state index contributed by atoms with van der Waals surface area (Å²) in [4.78, 5) is 16.4. The van der Waals surface area contributed by atoms with E-state index >= 15 is 0 Å². The van der Waals surface area contributed by atoms with Crippen LogP contribution in [0.25, 0.3) is 11.2 Å². The maximum Gasteiger partial charge on any atom is 0.224 e. The second-order valence-corrected chi connectivity index (χ2v) is 4.15. The van der Waals surface area contributed by atoms with Gasteiger partial charge in [0, 0.05) is 0 Å². The maximum atomic E-state index is 5.85. The molecule has 0 saturated carbocycles. The van der Waals surface area contributed by atoms with Crippen molar-refractivity contribution in [3.63, 3.8) is 0 Å². The van der Waals surface area contributed by atoms with Gasteiger partial charge in [-0.2, -0.15) is 9.97 Å². The number of rotatable bonds is 4. The number of fused-ring (bicyclic) bond motifs is 1. The van der Waals surface area contributed by atoms with E-state index in [1.54, 1.807) is 0 Å². The number of hydrogen-bond acceptors (Lipinski definition) is 7. The summed E-state index contributed by atoms with van der Waals surface area (Å²) in [5, 5.41) is 0. The van der Waals surface area contributed by atoms with Crippen molar-refractivity contribution < 1.29 is 0 Å². The van der Waals surface area contributed by atoms with Crippen LogP contribution in [0, 0.1) is 0 Å². The SMILES string of the molecule is CCCCCc1nc2c(N)nc(N)nc2nc1N. The van der Waals surface area contributed by atoms with Gasteiger partial charge in [0.1, 0.15) is 5.82 Å². The van der Waals surface area contributed by atoms with Crippen LogP contribution in [0.15, 0.2) is 0 Å². The Kier molecular flexibility index (Phi) is 3.40. The molecule has 0 unspecified atom stereocenters. The molecular formula is C11H17N7. The zero-order chi connectivity index (χ0) is 13.1. The molecule has 0 aliphatic heterocycles. The van der Waals surface area contributed by atoms with E-state index in [4.69, 9.17) is 17.2 Å². The molecule has 0 spiro atoms. The number of nitrogen functional groups attached to an aromatic ring is 3. The third-order valence-corrected chi connectivity index (χ3v) is 2.70. The smallest absolute Gasteiger partial charge is 0.224 e. The van der Waals surface area contributed by atoms with E-state index in [1.165, 1.54) is 0 Å². The highest BCUT2D eigenvalue weighted by Crippen LogP contribution is 2.19. The lowest BCUT2D eigenvalue weighted by Gasteiger charge is -2.07. The second kappa shape index (κ2) is 4.99. The van der Waals surface area contributed by atoms with Crippen LogP contribution in [0.2, 0.25) is 0 Å². The average molecular weight is 247 g/mol. The van der Waals surface area contributed by atoms with Gasteiger partial charge in [-0.1, -0.05) is 19.8 Å². The topological polar surface area (TPSA) is 130 Å². The van der Waals surface area contributed by atoms with Crippen molar-refractivity contribution in [1.82, 2.24) is 19.9 Å². The van der Waals surface area contributed by atoms with E-state index in [-0.39, 0.29) is 11.8 Å². The number of aromatic nitrogens is 4. The molecule has 7 nitrogen and oxygen atoms in total. The van der Waals surface area contributed by atoms with Crippen LogP contribution in [0.4, 0.5) is 17.6 Å².